The molecule has 0 aromatic rings. The minimum atomic E-state index is -0.215. The van der Waals surface area contributed by atoms with Gasteiger partial charge in [0.05, 0.1) is 12.7 Å². The normalized spacial score (nSPS) is 24.5. The Bertz CT molecular complexity index is 98.3. The molecule has 0 saturated carbocycles. The van der Waals surface area contributed by atoms with E-state index in [1.165, 1.54) is 0 Å². The Morgan fingerprint density at radius 3 is 3.00 bits per heavy atom. The lowest BCUT2D eigenvalue weighted by Gasteiger charge is -2.20. The molecule has 0 amide bonds. The van der Waals surface area contributed by atoms with Crippen LogP contribution in [0.25, 0.3) is 0 Å². The van der Waals surface area contributed by atoms with Crippen LogP contribution in [0.2, 0.25) is 0 Å². The quantitative estimate of drug-likeness (QED) is 0.620. The fourth-order valence-corrected chi connectivity index (χ4v) is 1.35. The Morgan fingerprint density at radius 1 is 1.45 bits per heavy atom. The average molecular weight is 159 g/mol. The molecular formula is C8H17NO2. The summed E-state index contributed by atoms with van der Waals surface area (Å²) in [6.07, 6.45) is 0.875. The Kier molecular flexibility index (Phi) is 3.83. The van der Waals surface area contributed by atoms with Crippen molar-refractivity contribution in [3.05, 3.63) is 0 Å². The van der Waals surface area contributed by atoms with E-state index in [-0.39, 0.29) is 6.10 Å². The number of nitrogens with zero attached hydrogens (tertiary/aromatic N) is 1. The van der Waals surface area contributed by atoms with Gasteiger partial charge in [-0.25, -0.2) is 0 Å². The second-order valence-corrected chi connectivity index (χ2v) is 3.12. The Balaban J connectivity index is 2.20. The van der Waals surface area contributed by atoms with Crippen LogP contribution in [0.3, 0.4) is 0 Å². The summed E-state index contributed by atoms with van der Waals surface area (Å²) in [5.74, 6) is 0. The van der Waals surface area contributed by atoms with E-state index in [2.05, 4.69) is 4.90 Å². The third-order valence-corrected chi connectivity index (χ3v) is 1.84. The number of rotatable bonds is 2. The molecular weight excluding hydrogens is 142 g/mol. The second kappa shape index (κ2) is 4.70. The lowest BCUT2D eigenvalue weighted by Crippen LogP contribution is -2.32. The van der Waals surface area contributed by atoms with Crippen LogP contribution in [0.1, 0.15) is 13.3 Å². The molecule has 0 unspecified atom stereocenters. The lowest BCUT2D eigenvalue weighted by atomic mass is 10.3. The third-order valence-electron chi connectivity index (χ3n) is 1.84. The van der Waals surface area contributed by atoms with Gasteiger partial charge in [-0.2, -0.15) is 0 Å². The van der Waals surface area contributed by atoms with Crippen molar-refractivity contribution in [1.82, 2.24) is 4.90 Å². The van der Waals surface area contributed by atoms with Crippen LogP contribution in [0.4, 0.5) is 0 Å². The molecule has 11 heavy (non-hydrogen) atoms. The van der Waals surface area contributed by atoms with Gasteiger partial charge in [-0.3, -0.25) is 4.90 Å². The van der Waals surface area contributed by atoms with Crippen molar-refractivity contribution in [2.75, 3.05) is 32.8 Å². The number of hydrogen-bond donors (Lipinski definition) is 1. The smallest absolute Gasteiger partial charge is 0.0639 e. The highest BCUT2D eigenvalue weighted by Gasteiger charge is 2.10. The predicted octanol–water partition coefficient (Wildman–Crippen LogP) is 0.0895. The van der Waals surface area contributed by atoms with E-state index in [0.29, 0.717) is 0 Å². The number of ether oxygens (including phenoxy) is 1. The van der Waals surface area contributed by atoms with Crippen molar-refractivity contribution in [3.8, 4) is 0 Å². The first kappa shape index (κ1) is 8.97. The lowest BCUT2D eigenvalue weighted by molar-refractivity contribution is 0.113. The number of aliphatic hydroxyl groups is 1. The molecule has 0 aromatic heterocycles. The topological polar surface area (TPSA) is 32.7 Å². The van der Waals surface area contributed by atoms with Crippen molar-refractivity contribution in [2.24, 2.45) is 0 Å². The molecule has 3 heteroatoms. The molecule has 0 aliphatic carbocycles. The third kappa shape index (κ3) is 3.70. The van der Waals surface area contributed by atoms with Crippen LogP contribution in [0.5, 0.6) is 0 Å². The fraction of sp³-hybridized carbons (Fsp3) is 1.00. The molecule has 0 spiro atoms. The maximum Gasteiger partial charge on any atom is 0.0639 e. The monoisotopic (exact) mass is 159 g/mol. The molecule has 1 fully saturated rings. The second-order valence-electron chi connectivity index (χ2n) is 3.12. The molecule has 1 saturated heterocycles. The Hall–Kier alpha value is -0.120. The van der Waals surface area contributed by atoms with Crippen LogP contribution >= 0.6 is 0 Å². The van der Waals surface area contributed by atoms with Gasteiger partial charge >= 0.3 is 0 Å². The van der Waals surface area contributed by atoms with Crippen LogP contribution in [-0.4, -0.2) is 49.0 Å². The molecule has 0 radical (unpaired) electrons. The van der Waals surface area contributed by atoms with Gasteiger partial charge in [-0.05, 0) is 13.3 Å². The van der Waals surface area contributed by atoms with Gasteiger partial charge in [0.2, 0.25) is 0 Å². The summed E-state index contributed by atoms with van der Waals surface area (Å²) in [6.45, 7) is 6.31. The highest BCUT2D eigenvalue weighted by Crippen LogP contribution is 1.99. The molecule has 1 aliphatic rings. The van der Waals surface area contributed by atoms with E-state index in [1.807, 2.05) is 6.92 Å². The molecule has 0 bridgehead atoms. The molecule has 3 nitrogen and oxygen atoms in total. The van der Waals surface area contributed by atoms with Crippen LogP contribution in [-0.2, 0) is 4.74 Å². The van der Waals surface area contributed by atoms with E-state index >= 15 is 0 Å². The summed E-state index contributed by atoms with van der Waals surface area (Å²) in [4.78, 5) is 2.25. The maximum absolute atomic E-state index is 9.11. The zero-order valence-electron chi connectivity index (χ0n) is 7.12. The van der Waals surface area contributed by atoms with Gasteiger partial charge in [0.1, 0.15) is 0 Å². The number of aliphatic hydroxyl groups excluding tert-OH is 1. The summed E-state index contributed by atoms with van der Waals surface area (Å²) >= 11 is 0. The highest BCUT2D eigenvalue weighted by atomic mass is 16.5. The van der Waals surface area contributed by atoms with E-state index in [9.17, 15) is 0 Å². The van der Waals surface area contributed by atoms with E-state index < -0.39 is 0 Å². The average Bonchev–Trinajstić information content (AvgIpc) is 2.14. The van der Waals surface area contributed by atoms with Crippen molar-refractivity contribution in [1.29, 1.82) is 0 Å². The fourth-order valence-electron chi connectivity index (χ4n) is 1.35. The zero-order valence-corrected chi connectivity index (χ0v) is 7.12. The maximum atomic E-state index is 9.11. The molecule has 1 aliphatic heterocycles. The van der Waals surface area contributed by atoms with Gasteiger partial charge in [0.15, 0.2) is 0 Å². The summed E-state index contributed by atoms with van der Waals surface area (Å²) in [5, 5.41) is 9.11. The largest absolute Gasteiger partial charge is 0.392 e. The van der Waals surface area contributed by atoms with Crippen molar-refractivity contribution in [2.45, 2.75) is 19.4 Å². The van der Waals surface area contributed by atoms with Crippen molar-refractivity contribution < 1.29 is 9.84 Å². The molecule has 66 valence electrons. The van der Waals surface area contributed by atoms with Crippen molar-refractivity contribution in [3.63, 3.8) is 0 Å². The summed E-state index contributed by atoms with van der Waals surface area (Å²) in [7, 11) is 0. The van der Waals surface area contributed by atoms with Gasteiger partial charge in [0, 0.05) is 26.2 Å². The highest BCUT2D eigenvalue weighted by molar-refractivity contribution is 4.63. The standard InChI is InChI=1S/C8H17NO2/c1-8(10)7-9-3-2-5-11-6-4-9/h8,10H,2-7H2,1H3/t8-/m1/s1. The first-order chi connectivity index (χ1) is 5.29. The summed E-state index contributed by atoms with van der Waals surface area (Å²) < 4.78 is 5.28. The number of β-amino-alcohol motifs (C(OH)–C–C–N with tert-alkyl or cyclic N) is 1. The van der Waals surface area contributed by atoms with Crippen molar-refractivity contribution >= 4 is 0 Å². The van der Waals surface area contributed by atoms with Gasteiger partial charge in [0.25, 0.3) is 0 Å². The molecule has 1 N–H and O–H groups in total. The van der Waals surface area contributed by atoms with Crippen LogP contribution in [0.15, 0.2) is 0 Å². The van der Waals surface area contributed by atoms with E-state index in [0.717, 1.165) is 39.3 Å². The summed E-state index contributed by atoms with van der Waals surface area (Å²) in [6, 6.07) is 0. The Morgan fingerprint density at radius 2 is 2.27 bits per heavy atom. The first-order valence-electron chi connectivity index (χ1n) is 4.27. The SMILES string of the molecule is C[C@@H](O)CN1CCCOCC1. The van der Waals surface area contributed by atoms with E-state index in [4.69, 9.17) is 9.84 Å². The van der Waals surface area contributed by atoms with E-state index in [1.54, 1.807) is 0 Å². The summed E-state index contributed by atoms with van der Waals surface area (Å²) in [5.41, 5.74) is 0. The van der Waals surface area contributed by atoms with Crippen LogP contribution in [0, 0.1) is 0 Å². The zero-order chi connectivity index (χ0) is 8.10. The Labute approximate surface area is 68.0 Å². The molecule has 0 aromatic carbocycles. The van der Waals surface area contributed by atoms with Crippen LogP contribution < -0.4 is 0 Å². The molecule has 1 heterocycles. The number of hydrogen-bond acceptors (Lipinski definition) is 3. The van der Waals surface area contributed by atoms with Gasteiger partial charge in [-0.15, -0.1) is 0 Å². The molecule has 1 atom stereocenters. The van der Waals surface area contributed by atoms with Gasteiger partial charge < -0.3 is 9.84 Å². The minimum Gasteiger partial charge on any atom is -0.392 e. The predicted molar refractivity (Wildman–Crippen MR) is 43.6 cm³/mol. The molecule has 1 rings (SSSR count). The van der Waals surface area contributed by atoms with Gasteiger partial charge in [-0.1, -0.05) is 0 Å². The first-order valence-corrected chi connectivity index (χ1v) is 4.27. The minimum absolute atomic E-state index is 0.215.